The minimum Gasteiger partial charge on any atom is -0.460 e. The number of esters is 1. The molecule has 0 aliphatic heterocycles. The summed E-state index contributed by atoms with van der Waals surface area (Å²) in [5.74, 6) is 0.0412. The molecule has 0 saturated carbocycles. The Morgan fingerprint density at radius 1 is 0.903 bits per heavy atom. The number of hydrogen-bond acceptors (Lipinski definition) is 6. The number of ether oxygens (including phenoxy) is 3. The summed E-state index contributed by atoms with van der Waals surface area (Å²) in [5, 5.41) is 0. The summed E-state index contributed by atoms with van der Waals surface area (Å²) in [7, 11) is -5.65. The lowest BCUT2D eigenvalue weighted by molar-refractivity contribution is -0.140. The SMILES string of the molecule is C=C(C)C(=O)OCCOCCOCC(C)C[Si](C)(C)O[Si](C)(C)O[Si](C)(C)CCCC. The van der Waals surface area contributed by atoms with E-state index in [0.717, 1.165) is 6.04 Å². The molecule has 0 saturated heterocycles. The Labute approximate surface area is 194 Å². The molecule has 0 heterocycles. The molecule has 184 valence electrons. The summed E-state index contributed by atoms with van der Waals surface area (Å²) in [4.78, 5) is 11.3. The zero-order chi connectivity index (χ0) is 24.1. The Morgan fingerprint density at radius 2 is 1.45 bits per heavy atom. The molecule has 31 heavy (non-hydrogen) atoms. The van der Waals surface area contributed by atoms with Crippen LogP contribution in [0.4, 0.5) is 0 Å². The highest BCUT2D eigenvalue weighted by Gasteiger charge is 2.39. The van der Waals surface area contributed by atoms with Gasteiger partial charge in [-0.1, -0.05) is 33.3 Å². The van der Waals surface area contributed by atoms with Crippen molar-refractivity contribution in [2.45, 2.75) is 85.0 Å². The van der Waals surface area contributed by atoms with Gasteiger partial charge in [0, 0.05) is 12.2 Å². The quantitative estimate of drug-likeness (QED) is 0.105. The number of rotatable bonds is 18. The lowest BCUT2D eigenvalue weighted by Gasteiger charge is -2.39. The van der Waals surface area contributed by atoms with Crippen molar-refractivity contribution < 1.29 is 27.2 Å². The van der Waals surface area contributed by atoms with E-state index in [-0.39, 0.29) is 12.6 Å². The van der Waals surface area contributed by atoms with E-state index in [9.17, 15) is 4.79 Å². The van der Waals surface area contributed by atoms with Crippen LogP contribution in [-0.4, -0.2) is 64.2 Å². The molecule has 0 radical (unpaired) electrons. The van der Waals surface area contributed by atoms with E-state index in [1.807, 2.05) is 0 Å². The molecule has 0 bridgehead atoms. The van der Waals surface area contributed by atoms with Gasteiger partial charge in [-0.3, -0.25) is 0 Å². The summed E-state index contributed by atoms with van der Waals surface area (Å²) in [6.07, 6.45) is 2.45. The Balaban J connectivity index is 4.13. The van der Waals surface area contributed by atoms with Crippen LogP contribution in [0.2, 0.25) is 51.4 Å². The fourth-order valence-electron chi connectivity index (χ4n) is 3.77. The first-order chi connectivity index (χ1) is 14.2. The van der Waals surface area contributed by atoms with Gasteiger partial charge in [-0.25, -0.2) is 4.79 Å². The Bertz CT molecular complexity index is 537. The minimum atomic E-state index is -2.14. The molecular formula is C22H48O6Si3. The van der Waals surface area contributed by atoms with Crippen LogP contribution in [-0.2, 0) is 27.2 Å². The second-order valence-electron chi connectivity index (χ2n) is 10.1. The number of carbonyl (C=O) groups is 1. The van der Waals surface area contributed by atoms with E-state index < -0.39 is 25.2 Å². The van der Waals surface area contributed by atoms with Crippen molar-refractivity contribution in [2.24, 2.45) is 5.92 Å². The zero-order valence-electron chi connectivity index (χ0n) is 21.6. The highest BCUT2D eigenvalue weighted by molar-refractivity contribution is 6.87. The summed E-state index contributed by atoms with van der Waals surface area (Å²) in [5.41, 5.74) is 0.396. The first kappa shape index (κ1) is 30.7. The molecule has 0 spiro atoms. The van der Waals surface area contributed by atoms with Crippen molar-refractivity contribution >= 4 is 31.2 Å². The lowest BCUT2D eigenvalue weighted by atomic mass is 10.2. The highest BCUT2D eigenvalue weighted by atomic mass is 28.5. The number of carbonyl (C=O) groups excluding carboxylic acids is 1. The molecule has 1 unspecified atom stereocenters. The van der Waals surface area contributed by atoms with Gasteiger partial charge in [-0.15, -0.1) is 0 Å². The second kappa shape index (κ2) is 14.8. The third-order valence-corrected chi connectivity index (χ3v) is 16.2. The number of unbranched alkanes of at least 4 members (excludes halogenated alkanes) is 1. The molecule has 0 aliphatic rings. The topological polar surface area (TPSA) is 63.2 Å². The highest BCUT2D eigenvalue weighted by Crippen LogP contribution is 2.27. The predicted molar refractivity (Wildman–Crippen MR) is 136 cm³/mol. The lowest BCUT2D eigenvalue weighted by Crippen LogP contribution is -2.52. The monoisotopic (exact) mass is 492 g/mol. The molecule has 0 N–H and O–H groups in total. The Hall–Kier alpha value is -0.299. The summed E-state index contributed by atoms with van der Waals surface area (Å²) >= 11 is 0. The van der Waals surface area contributed by atoms with Gasteiger partial charge in [0.1, 0.15) is 6.61 Å². The molecule has 9 heteroatoms. The average Bonchev–Trinajstić information content (AvgIpc) is 2.59. The van der Waals surface area contributed by atoms with E-state index in [0.29, 0.717) is 37.9 Å². The van der Waals surface area contributed by atoms with Crippen LogP contribution < -0.4 is 0 Å². The maximum absolute atomic E-state index is 11.3. The molecule has 0 amide bonds. The fourth-order valence-corrected chi connectivity index (χ4v) is 18.7. The van der Waals surface area contributed by atoms with Gasteiger partial charge in [0.15, 0.2) is 16.6 Å². The average molecular weight is 493 g/mol. The maximum atomic E-state index is 11.3. The molecule has 0 aliphatic carbocycles. The molecule has 0 aromatic carbocycles. The van der Waals surface area contributed by atoms with Crippen molar-refractivity contribution in [1.29, 1.82) is 0 Å². The molecule has 0 rings (SSSR count). The van der Waals surface area contributed by atoms with E-state index in [4.69, 9.17) is 22.4 Å². The van der Waals surface area contributed by atoms with Crippen LogP contribution in [0.15, 0.2) is 12.2 Å². The molecular weight excluding hydrogens is 444 g/mol. The third-order valence-electron chi connectivity index (χ3n) is 4.60. The van der Waals surface area contributed by atoms with Crippen LogP contribution in [0, 0.1) is 5.92 Å². The zero-order valence-corrected chi connectivity index (χ0v) is 24.6. The molecule has 0 aromatic heterocycles. The molecule has 0 aromatic rings. The first-order valence-corrected chi connectivity index (χ1v) is 20.6. The van der Waals surface area contributed by atoms with Crippen molar-refractivity contribution in [2.75, 3.05) is 33.0 Å². The molecule has 1 atom stereocenters. The fraction of sp³-hybridized carbons (Fsp3) is 0.864. The van der Waals surface area contributed by atoms with Crippen molar-refractivity contribution in [3.63, 3.8) is 0 Å². The predicted octanol–water partition coefficient (Wildman–Crippen LogP) is 5.72. The summed E-state index contributed by atoms with van der Waals surface area (Å²) < 4.78 is 29.5. The third kappa shape index (κ3) is 16.9. The Kier molecular flexibility index (Phi) is 14.6. The first-order valence-electron chi connectivity index (χ1n) is 11.6. The van der Waals surface area contributed by atoms with E-state index >= 15 is 0 Å². The standard InChI is InChI=1S/C22H48O6Si3/c1-11-12-17-29(5,6)27-31(9,10)28-30(7,8)19-21(4)18-25-14-13-24-15-16-26-22(23)20(2)3/h21H,2,11-19H2,1,3-10H3. The van der Waals surface area contributed by atoms with Crippen LogP contribution in [0.3, 0.4) is 0 Å². The summed E-state index contributed by atoms with van der Waals surface area (Å²) in [6, 6.07) is 2.25. The van der Waals surface area contributed by atoms with Gasteiger partial charge >= 0.3 is 14.5 Å². The van der Waals surface area contributed by atoms with E-state index in [2.05, 4.69) is 59.7 Å². The van der Waals surface area contributed by atoms with Crippen LogP contribution >= 0.6 is 0 Å². The van der Waals surface area contributed by atoms with Gasteiger partial charge in [0.25, 0.3) is 0 Å². The molecule has 0 fully saturated rings. The second-order valence-corrected chi connectivity index (χ2v) is 22.5. The van der Waals surface area contributed by atoms with E-state index in [1.165, 1.54) is 18.9 Å². The Morgan fingerprint density at radius 3 is 2.03 bits per heavy atom. The van der Waals surface area contributed by atoms with Gasteiger partial charge in [0.05, 0.1) is 19.8 Å². The van der Waals surface area contributed by atoms with Crippen LogP contribution in [0.25, 0.3) is 0 Å². The van der Waals surface area contributed by atoms with Gasteiger partial charge in [0.2, 0.25) is 0 Å². The van der Waals surface area contributed by atoms with Crippen LogP contribution in [0.5, 0.6) is 0 Å². The minimum absolute atomic E-state index is 0.235. The normalized spacial score (nSPS) is 13.8. The largest absolute Gasteiger partial charge is 0.460 e. The van der Waals surface area contributed by atoms with E-state index in [1.54, 1.807) is 6.92 Å². The molecule has 6 nitrogen and oxygen atoms in total. The maximum Gasteiger partial charge on any atom is 0.333 e. The van der Waals surface area contributed by atoms with Crippen molar-refractivity contribution in [3.8, 4) is 0 Å². The summed E-state index contributed by atoms with van der Waals surface area (Å²) in [6.45, 7) is 25.5. The van der Waals surface area contributed by atoms with Crippen molar-refractivity contribution in [3.05, 3.63) is 12.2 Å². The van der Waals surface area contributed by atoms with Gasteiger partial charge < -0.3 is 22.4 Å². The smallest absolute Gasteiger partial charge is 0.333 e. The van der Waals surface area contributed by atoms with Gasteiger partial charge in [-0.2, -0.15) is 0 Å². The van der Waals surface area contributed by atoms with Crippen LogP contribution in [0.1, 0.15) is 33.6 Å². The van der Waals surface area contributed by atoms with Gasteiger partial charge in [-0.05, 0) is 64.2 Å². The number of hydrogen-bond donors (Lipinski definition) is 0. The van der Waals surface area contributed by atoms with Crippen molar-refractivity contribution in [1.82, 2.24) is 0 Å².